The van der Waals surface area contributed by atoms with Crippen LogP contribution in [0.4, 0.5) is 0 Å². The molecule has 0 saturated carbocycles. The van der Waals surface area contributed by atoms with Gasteiger partial charge >= 0.3 is 0 Å². The zero-order chi connectivity index (χ0) is 9.35. The summed E-state index contributed by atoms with van der Waals surface area (Å²) in [6, 6.07) is 0. The number of nitrogens with zero attached hydrogens (tertiary/aromatic N) is 1. The molecule has 1 unspecified atom stereocenters. The van der Waals surface area contributed by atoms with Crippen molar-refractivity contribution in [3.63, 3.8) is 0 Å². The normalized spacial score (nSPS) is 26.8. The molecule has 0 N–H and O–H groups in total. The van der Waals surface area contributed by atoms with Crippen LogP contribution in [-0.2, 0) is 0 Å². The summed E-state index contributed by atoms with van der Waals surface area (Å²) >= 11 is 0. The molecule has 1 nitrogen and oxygen atoms in total. The Kier molecular flexibility index (Phi) is 2.41. The first-order valence-electron chi connectivity index (χ1n) is 4.62. The fraction of sp³-hybridized carbons (Fsp3) is 0.727. The summed E-state index contributed by atoms with van der Waals surface area (Å²) in [4.78, 5) is 4.63. The molecular formula is C11H19N. The first kappa shape index (κ1) is 9.50. The third-order valence-corrected chi connectivity index (χ3v) is 2.27. The van der Waals surface area contributed by atoms with Crippen molar-refractivity contribution in [3.8, 4) is 0 Å². The molecule has 0 aromatic heterocycles. The van der Waals surface area contributed by atoms with Crippen LogP contribution in [0.3, 0.4) is 0 Å². The van der Waals surface area contributed by atoms with E-state index in [1.165, 1.54) is 17.7 Å². The van der Waals surface area contributed by atoms with Gasteiger partial charge in [0.05, 0.1) is 5.54 Å². The molecule has 0 radical (unpaired) electrons. The molecular weight excluding hydrogens is 146 g/mol. The van der Waals surface area contributed by atoms with Crippen LogP contribution in [0, 0.1) is 5.92 Å². The molecule has 0 aliphatic carbocycles. The molecule has 0 spiro atoms. The van der Waals surface area contributed by atoms with Gasteiger partial charge in [0.15, 0.2) is 0 Å². The Hall–Kier alpha value is -0.590. The van der Waals surface area contributed by atoms with E-state index in [0.717, 1.165) is 0 Å². The monoisotopic (exact) mass is 165 g/mol. The number of allylic oxidation sites excluding steroid dienone is 2. The van der Waals surface area contributed by atoms with E-state index in [9.17, 15) is 0 Å². The number of rotatable bonds is 1. The van der Waals surface area contributed by atoms with Crippen molar-refractivity contribution in [1.29, 1.82) is 0 Å². The van der Waals surface area contributed by atoms with Crippen molar-refractivity contribution in [2.24, 2.45) is 10.9 Å². The Bertz CT molecular complexity index is 229. The second-order valence-electron chi connectivity index (χ2n) is 4.62. The molecule has 1 atom stereocenters. The minimum absolute atomic E-state index is 0.167. The van der Waals surface area contributed by atoms with E-state index in [1.54, 1.807) is 0 Å². The van der Waals surface area contributed by atoms with Crippen molar-refractivity contribution in [1.82, 2.24) is 0 Å². The molecule has 0 saturated heterocycles. The molecule has 0 bridgehead atoms. The first-order valence-corrected chi connectivity index (χ1v) is 4.62. The van der Waals surface area contributed by atoms with E-state index in [4.69, 9.17) is 0 Å². The maximum Gasteiger partial charge on any atom is 0.0560 e. The molecule has 1 rings (SSSR count). The lowest BCUT2D eigenvalue weighted by Gasteiger charge is -2.13. The highest BCUT2D eigenvalue weighted by atomic mass is 14.9. The zero-order valence-electron chi connectivity index (χ0n) is 8.81. The SMILES string of the molecule is CC(C)=CC1CC(C)(C)N=C1C. The Morgan fingerprint density at radius 3 is 2.42 bits per heavy atom. The van der Waals surface area contributed by atoms with Crippen molar-refractivity contribution in [3.05, 3.63) is 11.6 Å². The van der Waals surface area contributed by atoms with Gasteiger partial charge in [0.2, 0.25) is 0 Å². The molecule has 1 heterocycles. The van der Waals surface area contributed by atoms with Crippen LogP contribution in [0.15, 0.2) is 16.6 Å². The van der Waals surface area contributed by atoms with Gasteiger partial charge in [-0.3, -0.25) is 4.99 Å². The molecule has 0 fully saturated rings. The third-order valence-electron chi connectivity index (χ3n) is 2.27. The summed E-state index contributed by atoms with van der Waals surface area (Å²) in [6.45, 7) is 10.8. The lowest BCUT2D eigenvalue weighted by atomic mass is 9.92. The van der Waals surface area contributed by atoms with Gasteiger partial charge in [-0.05, 0) is 41.0 Å². The Morgan fingerprint density at radius 1 is 1.50 bits per heavy atom. The highest BCUT2D eigenvalue weighted by Crippen LogP contribution is 2.30. The average molecular weight is 165 g/mol. The minimum Gasteiger partial charge on any atom is -0.288 e. The first-order chi connectivity index (χ1) is 5.41. The highest BCUT2D eigenvalue weighted by molar-refractivity contribution is 5.88. The van der Waals surface area contributed by atoms with Crippen LogP contribution in [0.2, 0.25) is 0 Å². The Balaban J connectivity index is 2.76. The smallest absolute Gasteiger partial charge is 0.0560 e. The van der Waals surface area contributed by atoms with Crippen molar-refractivity contribution < 1.29 is 0 Å². The quantitative estimate of drug-likeness (QED) is 0.529. The van der Waals surface area contributed by atoms with Crippen LogP contribution < -0.4 is 0 Å². The van der Waals surface area contributed by atoms with Crippen molar-refractivity contribution in [2.45, 2.75) is 46.6 Å². The van der Waals surface area contributed by atoms with Gasteiger partial charge in [0.25, 0.3) is 0 Å². The maximum absolute atomic E-state index is 4.63. The molecule has 0 aromatic rings. The predicted molar refractivity (Wildman–Crippen MR) is 54.7 cm³/mol. The van der Waals surface area contributed by atoms with Gasteiger partial charge in [-0.2, -0.15) is 0 Å². The summed E-state index contributed by atoms with van der Waals surface area (Å²) in [7, 11) is 0. The lowest BCUT2D eigenvalue weighted by Crippen LogP contribution is -2.13. The molecule has 1 aliphatic rings. The summed E-state index contributed by atoms with van der Waals surface area (Å²) in [5, 5.41) is 0. The second-order valence-corrected chi connectivity index (χ2v) is 4.62. The molecule has 0 amide bonds. The van der Waals surface area contributed by atoms with Crippen LogP contribution >= 0.6 is 0 Å². The highest BCUT2D eigenvalue weighted by Gasteiger charge is 2.29. The molecule has 68 valence electrons. The number of aliphatic imine (C=N–C) groups is 1. The average Bonchev–Trinajstić information content (AvgIpc) is 2.03. The topological polar surface area (TPSA) is 12.4 Å². The third kappa shape index (κ3) is 2.20. The van der Waals surface area contributed by atoms with Gasteiger partial charge in [0.1, 0.15) is 0 Å². The molecule has 0 aromatic carbocycles. The van der Waals surface area contributed by atoms with E-state index in [2.05, 4.69) is 45.7 Å². The molecule has 12 heavy (non-hydrogen) atoms. The van der Waals surface area contributed by atoms with Gasteiger partial charge < -0.3 is 0 Å². The largest absolute Gasteiger partial charge is 0.288 e. The van der Waals surface area contributed by atoms with Gasteiger partial charge in [-0.15, -0.1) is 0 Å². The summed E-state index contributed by atoms with van der Waals surface area (Å²) in [6.07, 6.45) is 3.50. The summed E-state index contributed by atoms with van der Waals surface area (Å²) < 4.78 is 0. The summed E-state index contributed by atoms with van der Waals surface area (Å²) in [5.74, 6) is 0.588. The maximum atomic E-state index is 4.63. The fourth-order valence-electron chi connectivity index (χ4n) is 1.87. The van der Waals surface area contributed by atoms with Crippen LogP contribution in [0.5, 0.6) is 0 Å². The van der Waals surface area contributed by atoms with E-state index in [-0.39, 0.29) is 5.54 Å². The van der Waals surface area contributed by atoms with E-state index < -0.39 is 0 Å². The Labute approximate surface area is 75.6 Å². The van der Waals surface area contributed by atoms with Gasteiger partial charge in [0, 0.05) is 11.6 Å². The predicted octanol–water partition coefficient (Wildman–Crippen LogP) is 3.21. The van der Waals surface area contributed by atoms with E-state index in [1.807, 2.05) is 0 Å². The second kappa shape index (κ2) is 3.04. The fourth-order valence-corrected chi connectivity index (χ4v) is 1.87. The van der Waals surface area contributed by atoms with Crippen molar-refractivity contribution >= 4 is 5.71 Å². The van der Waals surface area contributed by atoms with Gasteiger partial charge in [-0.1, -0.05) is 11.6 Å². The van der Waals surface area contributed by atoms with Crippen LogP contribution in [0.1, 0.15) is 41.0 Å². The van der Waals surface area contributed by atoms with E-state index >= 15 is 0 Å². The van der Waals surface area contributed by atoms with Crippen LogP contribution in [-0.4, -0.2) is 11.3 Å². The standard InChI is InChI=1S/C11H19N/c1-8(2)6-10-7-11(4,5)12-9(10)3/h6,10H,7H2,1-5H3. The number of hydrogen-bond donors (Lipinski definition) is 0. The van der Waals surface area contributed by atoms with Gasteiger partial charge in [-0.25, -0.2) is 0 Å². The summed E-state index contributed by atoms with van der Waals surface area (Å²) in [5.41, 5.74) is 2.86. The lowest BCUT2D eigenvalue weighted by molar-refractivity contribution is 0.493. The zero-order valence-corrected chi connectivity index (χ0v) is 8.81. The van der Waals surface area contributed by atoms with Crippen molar-refractivity contribution in [2.75, 3.05) is 0 Å². The Morgan fingerprint density at radius 2 is 2.08 bits per heavy atom. The number of hydrogen-bond acceptors (Lipinski definition) is 1. The molecule has 1 aliphatic heterocycles. The van der Waals surface area contributed by atoms with Crippen LogP contribution in [0.25, 0.3) is 0 Å². The molecule has 1 heteroatoms. The minimum atomic E-state index is 0.167. The van der Waals surface area contributed by atoms with E-state index in [0.29, 0.717) is 5.92 Å².